The number of likely N-dealkylation sites (N-methyl/N-ethyl adjacent to an activating group) is 1. The maximum Gasteiger partial charge on any atom is 0.240 e. The minimum atomic E-state index is 0.0989. The van der Waals surface area contributed by atoms with Gasteiger partial charge in [-0.1, -0.05) is 31.0 Å². The molecule has 3 nitrogen and oxygen atoms in total. The van der Waals surface area contributed by atoms with Crippen molar-refractivity contribution in [2.75, 3.05) is 18.5 Å². The Hall–Kier alpha value is -1.35. The monoisotopic (exact) mass is 248 g/mol. The minimum Gasteiger partial charge on any atom is -0.314 e. The molecule has 100 valence electrons. The summed E-state index contributed by atoms with van der Waals surface area (Å²) in [6, 6.07) is 8.38. The average Bonchev–Trinajstić information content (AvgIpc) is 2.36. The largest absolute Gasteiger partial charge is 0.314 e. The first-order valence-electron chi connectivity index (χ1n) is 6.61. The maximum atomic E-state index is 12.0. The zero-order valence-electron chi connectivity index (χ0n) is 11.9. The highest BCUT2D eigenvalue weighted by atomic mass is 16.2. The lowest BCUT2D eigenvalue weighted by atomic mass is 10.2. The zero-order valence-corrected chi connectivity index (χ0v) is 11.9. The number of nitrogens with zero attached hydrogens (tertiary/aromatic N) is 1. The summed E-state index contributed by atoms with van der Waals surface area (Å²) in [5.41, 5.74) is 2.14. The summed E-state index contributed by atoms with van der Waals surface area (Å²) in [6.45, 7) is 6.70. The molecule has 18 heavy (non-hydrogen) atoms. The van der Waals surface area contributed by atoms with Crippen LogP contribution in [-0.2, 0) is 4.79 Å². The van der Waals surface area contributed by atoms with Crippen molar-refractivity contribution < 1.29 is 4.79 Å². The first kappa shape index (κ1) is 14.7. The lowest BCUT2D eigenvalue weighted by molar-refractivity contribution is -0.117. The van der Waals surface area contributed by atoms with Crippen molar-refractivity contribution in [2.45, 2.75) is 39.7 Å². The van der Waals surface area contributed by atoms with Crippen molar-refractivity contribution >= 4 is 11.6 Å². The fourth-order valence-corrected chi connectivity index (χ4v) is 1.83. The SMILES string of the molecule is CCCC(C)NCC(=O)N(C)c1ccc(C)cc1. The predicted molar refractivity (Wildman–Crippen MR) is 77.0 cm³/mol. The van der Waals surface area contributed by atoms with Crippen LogP contribution in [0.2, 0.25) is 0 Å². The fourth-order valence-electron chi connectivity index (χ4n) is 1.83. The number of carbonyl (C=O) groups excluding carboxylic acids is 1. The predicted octanol–water partition coefficient (Wildman–Crippen LogP) is 2.74. The molecule has 1 aromatic carbocycles. The third-order valence-electron chi connectivity index (χ3n) is 3.12. The second-order valence-electron chi connectivity index (χ2n) is 4.86. The van der Waals surface area contributed by atoms with Gasteiger partial charge in [-0.2, -0.15) is 0 Å². The number of rotatable bonds is 6. The van der Waals surface area contributed by atoms with Crippen molar-refractivity contribution in [2.24, 2.45) is 0 Å². The minimum absolute atomic E-state index is 0.0989. The smallest absolute Gasteiger partial charge is 0.240 e. The topological polar surface area (TPSA) is 32.3 Å². The molecule has 0 aromatic heterocycles. The second kappa shape index (κ2) is 7.17. The van der Waals surface area contributed by atoms with Gasteiger partial charge in [-0.25, -0.2) is 0 Å². The Morgan fingerprint density at radius 2 is 1.94 bits per heavy atom. The van der Waals surface area contributed by atoms with E-state index in [1.165, 1.54) is 5.56 Å². The molecule has 0 spiro atoms. The van der Waals surface area contributed by atoms with Gasteiger partial charge in [0.05, 0.1) is 6.54 Å². The molecule has 1 unspecified atom stereocenters. The third kappa shape index (κ3) is 4.49. The van der Waals surface area contributed by atoms with Crippen molar-refractivity contribution in [1.29, 1.82) is 0 Å². The Bertz CT molecular complexity index is 373. The van der Waals surface area contributed by atoms with Gasteiger partial charge in [0.15, 0.2) is 0 Å². The normalized spacial score (nSPS) is 12.2. The van der Waals surface area contributed by atoms with E-state index in [1.54, 1.807) is 4.90 Å². The van der Waals surface area contributed by atoms with Crippen LogP contribution >= 0.6 is 0 Å². The molecule has 0 aliphatic rings. The number of aryl methyl sites for hydroxylation is 1. The van der Waals surface area contributed by atoms with Gasteiger partial charge in [-0.15, -0.1) is 0 Å². The van der Waals surface area contributed by atoms with Crippen LogP contribution in [-0.4, -0.2) is 25.5 Å². The van der Waals surface area contributed by atoms with Crippen LogP contribution in [0.25, 0.3) is 0 Å². The van der Waals surface area contributed by atoms with Crippen LogP contribution in [0.4, 0.5) is 5.69 Å². The van der Waals surface area contributed by atoms with Crippen molar-refractivity contribution in [3.63, 3.8) is 0 Å². The summed E-state index contributed by atoms with van der Waals surface area (Å²) in [4.78, 5) is 13.7. The van der Waals surface area contributed by atoms with E-state index in [4.69, 9.17) is 0 Å². The highest BCUT2D eigenvalue weighted by molar-refractivity contribution is 5.94. The first-order valence-corrected chi connectivity index (χ1v) is 6.61. The molecular formula is C15H24N2O. The summed E-state index contributed by atoms with van der Waals surface area (Å²) in [7, 11) is 1.82. The molecule has 0 aliphatic heterocycles. The second-order valence-corrected chi connectivity index (χ2v) is 4.86. The molecule has 0 aliphatic carbocycles. The molecule has 0 bridgehead atoms. The number of anilines is 1. The average molecular weight is 248 g/mol. The first-order chi connectivity index (χ1) is 8.54. The number of carbonyl (C=O) groups is 1. The van der Waals surface area contributed by atoms with E-state index in [9.17, 15) is 4.79 Å². The molecule has 1 aromatic rings. The quantitative estimate of drug-likeness (QED) is 0.839. The Morgan fingerprint density at radius 1 is 1.33 bits per heavy atom. The van der Waals surface area contributed by atoms with Crippen LogP contribution in [0.5, 0.6) is 0 Å². The Morgan fingerprint density at radius 3 is 2.50 bits per heavy atom. The van der Waals surface area contributed by atoms with Crippen molar-refractivity contribution in [3.05, 3.63) is 29.8 Å². The number of hydrogen-bond acceptors (Lipinski definition) is 2. The standard InChI is InChI=1S/C15H24N2O/c1-5-6-13(3)16-11-15(18)17(4)14-9-7-12(2)8-10-14/h7-10,13,16H,5-6,11H2,1-4H3. The molecular weight excluding hydrogens is 224 g/mol. The third-order valence-corrected chi connectivity index (χ3v) is 3.12. The zero-order chi connectivity index (χ0) is 13.5. The fraction of sp³-hybridized carbons (Fsp3) is 0.533. The van der Waals surface area contributed by atoms with Gasteiger partial charge in [0.25, 0.3) is 0 Å². The van der Waals surface area contributed by atoms with E-state index in [0.29, 0.717) is 12.6 Å². The molecule has 1 atom stereocenters. The molecule has 0 radical (unpaired) electrons. The van der Waals surface area contributed by atoms with Gasteiger partial charge < -0.3 is 10.2 Å². The van der Waals surface area contributed by atoms with Crippen molar-refractivity contribution in [3.8, 4) is 0 Å². The molecule has 1 N–H and O–H groups in total. The molecule has 0 heterocycles. The summed E-state index contributed by atoms with van der Waals surface area (Å²) >= 11 is 0. The molecule has 0 saturated heterocycles. The van der Waals surface area contributed by atoms with E-state index in [0.717, 1.165) is 18.5 Å². The van der Waals surface area contributed by atoms with Crippen LogP contribution < -0.4 is 10.2 Å². The Balaban J connectivity index is 2.48. The van der Waals surface area contributed by atoms with Gasteiger partial charge in [0, 0.05) is 18.8 Å². The number of hydrogen-bond donors (Lipinski definition) is 1. The van der Waals surface area contributed by atoms with E-state index in [2.05, 4.69) is 19.2 Å². The highest BCUT2D eigenvalue weighted by Gasteiger charge is 2.11. The van der Waals surface area contributed by atoms with Crippen LogP contribution in [0.3, 0.4) is 0 Å². The van der Waals surface area contributed by atoms with E-state index >= 15 is 0 Å². The van der Waals surface area contributed by atoms with Gasteiger partial charge in [0.1, 0.15) is 0 Å². The van der Waals surface area contributed by atoms with Gasteiger partial charge in [-0.05, 0) is 32.4 Å². The van der Waals surface area contributed by atoms with Gasteiger partial charge in [0.2, 0.25) is 5.91 Å². The maximum absolute atomic E-state index is 12.0. The molecule has 0 fully saturated rings. The van der Waals surface area contributed by atoms with E-state index in [-0.39, 0.29) is 5.91 Å². The highest BCUT2D eigenvalue weighted by Crippen LogP contribution is 2.13. The van der Waals surface area contributed by atoms with Crippen LogP contribution in [0.15, 0.2) is 24.3 Å². The number of amides is 1. The summed E-state index contributed by atoms with van der Waals surface area (Å²) in [5.74, 6) is 0.0989. The Labute approximate surface area is 110 Å². The van der Waals surface area contributed by atoms with Crippen LogP contribution in [0, 0.1) is 6.92 Å². The Kier molecular flexibility index (Phi) is 5.86. The molecule has 1 rings (SSSR count). The molecule has 0 saturated carbocycles. The van der Waals surface area contributed by atoms with Crippen LogP contribution in [0.1, 0.15) is 32.3 Å². The summed E-state index contributed by atoms with van der Waals surface area (Å²) in [6.07, 6.45) is 2.23. The lowest BCUT2D eigenvalue weighted by Gasteiger charge is -2.19. The van der Waals surface area contributed by atoms with Gasteiger partial charge in [-0.3, -0.25) is 4.79 Å². The molecule has 3 heteroatoms. The molecule has 1 amide bonds. The summed E-state index contributed by atoms with van der Waals surface area (Å²) in [5, 5.41) is 3.25. The number of benzene rings is 1. The number of nitrogens with one attached hydrogen (secondary N) is 1. The van der Waals surface area contributed by atoms with E-state index in [1.807, 2.05) is 38.2 Å². The lowest BCUT2D eigenvalue weighted by Crippen LogP contribution is -2.39. The van der Waals surface area contributed by atoms with Gasteiger partial charge >= 0.3 is 0 Å². The summed E-state index contributed by atoms with van der Waals surface area (Å²) < 4.78 is 0. The van der Waals surface area contributed by atoms with E-state index < -0.39 is 0 Å². The van der Waals surface area contributed by atoms with Crippen molar-refractivity contribution in [1.82, 2.24) is 5.32 Å².